The number of imidazole rings is 1. The summed E-state index contributed by atoms with van der Waals surface area (Å²) < 4.78 is 15.0. The zero-order valence-corrected chi connectivity index (χ0v) is 22.3. The van der Waals surface area contributed by atoms with Crippen molar-refractivity contribution in [2.45, 2.75) is 51.1 Å². The first-order valence-corrected chi connectivity index (χ1v) is 13.8. The minimum atomic E-state index is -0.148. The van der Waals surface area contributed by atoms with Gasteiger partial charge in [0, 0.05) is 47.7 Å². The van der Waals surface area contributed by atoms with Crippen molar-refractivity contribution in [2.75, 3.05) is 31.6 Å². The molecule has 38 heavy (non-hydrogen) atoms. The van der Waals surface area contributed by atoms with E-state index >= 15 is 0 Å². The first-order chi connectivity index (χ1) is 18.6. The van der Waals surface area contributed by atoms with Crippen molar-refractivity contribution in [2.24, 2.45) is 0 Å². The molecular weight excluding hydrogens is 500 g/mol. The van der Waals surface area contributed by atoms with Gasteiger partial charge in [0.05, 0.1) is 37.0 Å². The van der Waals surface area contributed by atoms with Gasteiger partial charge in [-0.3, -0.25) is 0 Å². The molecule has 2 atom stereocenters. The van der Waals surface area contributed by atoms with Crippen molar-refractivity contribution >= 4 is 28.2 Å². The van der Waals surface area contributed by atoms with Gasteiger partial charge in [0.15, 0.2) is 0 Å². The van der Waals surface area contributed by atoms with E-state index in [0.29, 0.717) is 31.7 Å². The molecule has 0 spiro atoms. The molecule has 0 aliphatic carbocycles. The van der Waals surface area contributed by atoms with Crippen molar-refractivity contribution in [3.63, 3.8) is 0 Å². The average Bonchev–Trinajstić information content (AvgIpc) is 3.59. The number of rotatable bonds is 5. The summed E-state index contributed by atoms with van der Waals surface area (Å²) in [5.74, 6) is 0.909. The molecule has 0 N–H and O–H groups in total. The summed E-state index contributed by atoms with van der Waals surface area (Å²) in [4.78, 5) is 18.9. The molecule has 0 unspecified atom stereocenters. The van der Waals surface area contributed by atoms with E-state index < -0.39 is 0 Å². The van der Waals surface area contributed by atoms with E-state index in [1.807, 2.05) is 24.7 Å². The van der Waals surface area contributed by atoms with Gasteiger partial charge in [-0.1, -0.05) is 41.9 Å². The SMILES string of the molecule is CN1CCC[C@H]1COc1nc2c(c(N3CCn4cncc4C3)n1)CO[C@H](c1cccc3cccc(Cl)c13)C2. The van der Waals surface area contributed by atoms with E-state index in [1.165, 1.54) is 12.1 Å². The second kappa shape index (κ2) is 9.84. The van der Waals surface area contributed by atoms with Crippen molar-refractivity contribution in [3.05, 3.63) is 76.5 Å². The lowest BCUT2D eigenvalue weighted by atomic mass is 9.94. The highest BCUT2D eigenvalue weighted by molar-refractivity contribution is 6.35. The molecule has 8 nitrogen and oxygen atoms in total. The van der Waals surface area contributed by atoms with Crippen LogP contribution >= 0.6 is 11.6 Å². The largest absolute Gasteiger partial charge is 0.462 e. The Labute approximate surface area is 227 Å². The molecule has 0 bridgehead atoms. The molecule has 5 heterocycles. The number of benzene rings is 2. The van der Waals surface area contributed by atoms with Crippen LogP contribution in [0.4, 0.5) is 5.82 Å². The Hall–Kier alpha value is -3.20. The predicted molar refractivity (Wildman–Crippen MR) is 147 cm³/mol. The van der Waals surface area contributed by atoms with Gasteiger partial charge < -0.3 is 23.8 Å². The van der Waals surface area contributed by atoms with Crippen LogP contribution in [0, 0.1) is 0 Å². The van der Waals surface area contributed by atoms with Crippen LogP contribution in [-0.4, -0.2) is 57.2 Å². The summed E-state index contributed by atoms with van der Waals surface area (Å²) in [5, 5.41) is 2.90. The molecule has 0 saturated carbocycles. The molecule has 0 radical (unpaired) electrons. The number of anilines is 1. The number of hydrogen-bond donors (Lipinski definition) is 0. The maximum Gasteiger partial charge on any atom is 0.318 e. The molecule has 7 rings (SSSR count). The Bertz CT molecular complexity index is 1480. The van der Waals surface area contributed by atoms with Crippen molar-refractivity contribution in [3.8, 4) is 6.01 Å². The molecule has 3 aliphatic rings. The lowest BCUT2D eigenvalue weighted by Crippen LogP contribution is -2.36. The van der Waals surface area contributed by atoms with Crippen molar-refractivity contribution < 1.29 is 9.47 Å². The monoisotopic (exact) mass is 530 g/mol. The number of ether oxygens (including phenoxy) is 2. The number of likely N-dealkylation sites (tertiary alicyclic amines) is 1. The van der Waals surface area contributed by atoms with Crippen LogP contribution in [0.25, 0.3) is 10.8 Å². The summed E-state index contributed by atoms with van der Waals surface area (Å²) in [6.07, 6.45) is 6.67. The third-order valence-corrected chi connectivity index (χ3v) is 8.54. The highest BCUT2D eigenvalue weighted by Crippen LogP contribution is 2.39. The van der Waals surface area contributed by atoms with E-state index in [9.17, 15) is 0 Å². The van der Waals surface area contributed by atoms with Gasteiger partial charge >= 0.3 is 6.01 Å². The van der Waals surface area contributed by atoms with Gasteiger partial charge in [-0.15, -0.1) is 0 Å². The van der Waals surface area contributed by atoms with E-state index in [2.05, 4.69) is 50.7 Å². The summed E-state index contributed by atoms with van der Waals surface area (Å²) in [7, 11) is 2.16. The van der Waals surface area contributed by atoms with Crippen LogP contribution in [0.15, 0.2) is 48.9 Å². The maximum atomic E-state index is 6.66. The molecule has 3 aliphatic heterocycles. The summed E-state index contributed by atoms with van der Waals surface area (Å²) in [6, 6.07) is 13.2. The van der Waals surface area contributed by atoms with Crippen LogP contribution < -0.4 is 9.64 Å². The summed E-state index contributed by atoms with van der Waals surface area (Å²) >= 11 is 6.66. The lowest BCUT2D eigenvalue weighted by molar-refractivity contribution is 0.0265. The quantitative estimate of drug-likeness (QED) is 0.367. The van der Waals surface area contributed by atoms with Crippen LogP contribution in [0.5, 0.6) is 6.01 Å². The van der Waals surface area contributed by atoms with E-state index in [-0.39, 0.29) is 6.10 Å². The van der Waals surface area contributed by atoms with Crippen LogP contribution in [0.2, 0.25) is 5.02 Å². The van der Waals surface area contributed by atoms with Crippen LogP contribution in [0.3, 0.4) is 0 Å². The smallest absolute Gasteiger partial charge is 0.318 e. The van der Waals surface area contributed by atoms with Crippen molar-refractivity contribution in [1.29, 1.82) is 0 Å². The third-order valence-electron chi connectivity index (χ3n) is 8.23. The number of halogens is 1. The fourth-order valence-corrected chi connectivity index (χ4v) is 6.36. The fraction of sp³-hybridized carbons (Fsp3) is 0.414. The third kappa shape index (κ3) is 4.30. The van der Waals surface area contributed by atoms with Crippen molar-refractivity contribution in [1.82, 2.24) is 24.4 Å². The normalized spacial score (nSPS) is 21.5. The highest BCUT2D eigenvalue weighted by atomic mass is 35.5. The van der Waals surface area contributed by atoms with Gasteiger partial charge in [0.25, 0.3) is 0 Å². The molecule has 2 aromatic carbocycles. The Morgan fingerprint density at radius 3 is 2.87 bits per heavy atom. The zero-order valence-electron chi connectivity index (χ0n) is 21.5. The number of fused-ring (bicyclic) bond motifs is 3. The minimum Gasteiger partial charge on any atom is -0.462 e. The second-order valence-corrected chi connectivity index (χ2v) is 10.9. The summed E-state index contributed by atoms with van der Waals surface area (Å²) in [5.41, 5.74) is 4.31. The Morgan fingerprint density at radius 2 is 2.00 bits per heavy atom. The molecule has 0 amide bonds. The minimum absolute atomic E-state index is 0.148. The van der Waals surface area contributed by atoms with Gasteiger partial charge in [-0.05, 0) is 43.5 Å². The number of hydrogen-bond acceptors (Lipinski definition) is 7. The van der Waals surface area contributed by atoms with Gasteiger partial charge in [0.1, 0.15) is 12.4 Å². The number of aromatic nitrogens is 4. The molecular formula is C29H31ClN6O2. The molecule has 1 fully saturated rings. The van der Waals surface area contributed by atoms with Gasteiger partial charge in [-0.25, -0.2) is 4.98 Å². The standard InChI is InChI=1S/C29H31ClN6O2/c1-34-10-4-7-20(34)16-38-29-32-25-13-26(22-8-2-5-19-6-3-9-24(30)27(19)22)37-17-23(25)28(33-29)35-11-12-36-18-31-14-21(36)15-35/h2-3,5-6,8-9,14,18,20,26H,4,7,10-13,15-17H2,1H3/t20-,26-/m0/s1. The number of nitrogens with zero attached hydrogens (tertiary/aromatic N) is 6. The molecule has 9 heteroatoms. The topological polar surface area (TPSA) is 68.5 Å². The Kier molecular flexibility index (Phi) is 6.18. The van der Waals surface area contributed by atoms with E-state index in [1.54, 1.807) is 0 Å². The first kappa shape index (κ1) is 23.9. The molecule has 196 valence electrons. The first-order valence-electron chi connectivity index (χ1n) is 13.4. The van der Waals surface area contributed by atoms with Crippen LogP contribution in [-0.2, 0) is 30.9 Å². The summed E-state index contributed by atoms with van der Waals surface area (Å²) in [6.45, 7) is 4.61. The Morgan fingerprint density at radius 1 is 1.11 bits per heavy atom. The number of likely N-dealkylation sites (N-methyl/N-ethyl adjacent to an activating group) is 1. The van der Waals surface area contributed by atoms with Gasteiger partial charge in [-0.2, -0.15) is 9.97 Å². The predicted octanol–water partition coefficient (Wildman–Crippen LogP) is 4.79. The second-order valence-electron chi connectivity index (χ2n) is 10.5. The fourth-order valence-electron chi connectivity index (χ4n) is 6.07. The molecule has 2 aromatic heterocycles. The molecule has 4 aromatic rings. The van der Waals surface area contributed by atoms with Gasteiger partial charge in [0.2, 0.25) is 0 Å². The molecule has 1 saturated heterocycles. The maximum absolute atomic E-state index is 6.66. The van der Waals surface area contributed by atoms with E-state index in [4.69, 9.17) is 31.0 Å². The van der Waals surface area contributed by atoms with E-state index in [0.717, 1.165) is 71.0 Å². The zero-order chi connectivity index (χ0) is 25.6. The average molecular weight is 531 g/mol. The van der Waals surface area contributed by atoms with Crippen LogP contribution in [0.1, 0.15) is 41.5 Å². The Balaban J connectivity index is 1.24. The lowest BCUT2D eigenvalue weighted by Gasteiger charge is -2.33. The highest BCUT2D eigenvalue weighted by Gasteiger charge is 2.31.